The first-order chi connectivity index (χ1) is 16.1. The lowest BCUT2D eigenvalue weighted by Crippen LogP contribution is -2.72. The second-order valence-electron chi connectivity index (χ2n) is 8.52. The molecule has 0 bridgehead atoms. The van der Waals surface area contributed by atoms with E-state index >= 15 is 0 Å². The van der Waals surface area contributed by atoms with Gasteiger partial charge in [-0.25, -0.2) is 0 Å². The normalized spacial score (nSPS) is 27.4. The lowest BCUT2D eigenvalue weighted by molar-refractivity contribution is -0.144. The molecule has 1 aliphatic carbocycles. The second-order valence-corrected chi connectivity index (χ2v) is 8.52. The Balaban J connectivity index is 1.49. The number of rotatable bonds is 9. The summed E-state index contributed by atoms with van der Waals surface area (Å²) in [6.07, 6.45) is -1.40. The predicted molar refractivity (Wildman–Crippen MR) is 129 cm³/mol. The summed E-state index contributed by atoms with van der Waals surface area (Å²) in [6.45, 7) is 1.21. The van der Waals surface area contributed by atoms with Crippen LogP contribution in [0.25, 0.3) is 0 Å². The molecule has 1 fully saturated rings. The largest absolute Gasteiger partial charge is 0.370 e. The van der Waals surface area contributed by atoms with Crippen LogP contribution in [-0.4, -0.2) is 36.4 Å². The van der Waals surface area contributed by atoms with E-state index in [0.29, 0.717) is 19.8 Å². The quantitative estimate of drug-likeness (QED) is 0.466. The molecule has 6 heteroatoms. The molecule has 0 amide bonds. The highest BCUT2D eigenvalue weighted by atomic mass is 16.5. The van der Waals surface area contributed by atoms with E-state index in [9.17, 15) is 0 Å². The Hall–Kier alpha value is -2.58. The van der Waals surface area contributed by atoms with Gasteiger partial charge in [0.1, 0.15) is 0 Å². The van der Waals surface area contributed by atoms with E-state index in [0.717, 1.165) is 16.7 Å². The van der Waals surface area contributed by atoms with Crippen molar-refractivity contribution in [3.8, 4) is 0 Å². The van der Waals surface area contributed by atoms with Crippen LogP contribution in [0.2, 0.25) is 0 Å². The minimum Gasteiger partial charge on any atom is -0.370 e. The van der Waals surface area contributed by atoms with E-state index in [1.165, 1.54) is 0 Å². The standard InChI is InChI=1S/C27H33N3O3/c28-22-25(31-16-19-10-4-1-5-11-19)23(29)27(33-18-21-14-8-3-9-15-21)24(30)26(22)32-17-20-12-6-2-7-13-20/h1-15,22-27H,16-18,28-30H2. The van der Waals surface area contributed by atoms with Gasteiger partial charge in [0.2, 0.25) is 0 Å². The minimum absolute atomic E-state index is 0.402. The summed E-state index contributed by atoms with van der Waals surface area (Å²) in [7, 11) is 0. The van der Waals surface area contributed by atoms with Gasteiger partial charge in [0.05, 0.1) is 56.3 Å². The highest BCUT2D eigenvalue weighted by Crippen LogP contribution is 2.27. The maximum absolute atomic E-state index is 6.64. The molecule has 0 saturated heterocycles. The molecule has 0 spiro atoms. The monoisotopic (exact) mass is 447 g/mol. The molecule has 33 heavy (non-hydrogen) atoms. The summed E-state index contributed by atoms with van der Waals surface area (Å²) in [4.78, 5) is 0. The van der Waals surface area contributed by atoms with Crippen molar-refractivity contribution in [2.45, 2.75) is 56.3 Å². The third-order valence-electron chi connectivity index (χ3n) is 6.13. The SMILES string of the molecule is NC1C(OCc2ccccc2)C(N)C(OCc2ccccc2)C(N)C1OCc1ccccc1. The third-order valence-corrected chi connectivity index (χ3v) is 6.13. The molecule has 4 rings (SSSR count). The Morgan fingerprint density at radius 1 is 0.424 bits per heavy atom. The summed E-state index contributed by atoms with van der Waals surface area (Å²) in [6, 6.07) is 28.4. The van der Waals surface area contributed by atoms with Crippen LogP contribution in [0.1, 0.15) is 16.7 Å². The van der Waals surface area contributed by atoms with Crippen molar-refractivity contribution in [1.82, 2.24) is 0 Å². The smallest absolute Gasteiger partial charge is 0.0932 e. The number of nitrogens with two attached hydrogens (primary N) is 3. The summed E-state index contributed by atoms with van der Waals surface area (Å²) in [5, 5.41) is 0. The van der Waals surface area contributed by atoms with Gasteiger partial charge in [-0.2, -0.15) is 0 Å². The Morgan fingerprint density at radius 2 is 0.667 bits per heavy atom. The number of hydrogen-bond donors (Lipinski definition) is 3. The topological polar surface area (TPSA) is 106 Å². The van der Waals surface area contributed by atoms with Crippen LogP contribution in [0.4, 0.5) is 0 Å². The van der Waals surface area contributed by atoms with E-state index in [-0.39, 0.29) is 0 Å². The van der Waals surface area contributed by atoms with Crippen LogP contribution in [-0.2, 0) is 34.0 Å². The molecule has 6 nitrogen and oxygen atoms in total. The molecule has 0 atom stereocenters. The van der Waals surface area contributed by atoms with Gasteiger partial charge in [0.25, 0.3) is 0 Å². The fourth-order valence-electron chi connectivity index (χ4n) is 4.30. The molecule has 1 saturated carbocycles. The summed E-state index contributed by atoms with van der Waals surface area (Å²) >= 11 is 0. The zero-order valence-corrected chi connectivity index (χ0v) is 18.7. The number of hydrogen-bond acceptors (Lipinski definition) is 6. The second kappa shape index (κ2) is 11.5. The van der Waals surface area contributed by atoms with Crippen molar-refractivity contribution >= 4 is 0 Å². The lowest BCUT2D eigenvalue weighted by Gasteiger charge is -2.47. The molecule has 1 aliphatic rings. The van der Waals surface area contributed by atoms with Crippen LogP contribution in [0.15, 0.2) is 91.0 Å². The van der Waals surface area contributed by atoms with E-state index in [1.54, 1.807) is 0 Å². The molecule has 0 aromatic heterocycles. The number of benzene rings is 3. The Bertz CT molecular complexity index is 819. The van der Waals surface area contributed by atoms with Gasteiger partial charge in [-0.15, -0.1) is 0 Å². The first-order valence-electron chi connectivity index (χ1n) is 11.4. The van der Waals surface area contributed by atoms with E-state index in [2.05, 4.69) is 0 Å². The molecule has 3 aromatic rings. The first-order valence-corrected chi connectivity index (χ1v) is 11.4. The fraction of sp³-hybridized carbons (Fsp3) is 0.333. The highest BCUT2D eigenvalue weighted by molar-refractivity contribution is 5.16. The van der Waals surface area contributed by atoms with Gasteiger partial charge in [0.15, 0.2) is 0 Å². The molecule has 0 unspecified atom stereocenters. The number of ether oxygens (including phenoxy) is 3. The molecule has 3 aromatic carbocycles. The van der Waals surface area contributed by atoms with Crippen molar-refractivity contribution in [1.29, 1.82) is 0 Å². The Morgan fingerprint density at radius 3 is 0.909 bits per heavy atom. The van der Waals surface area contributed by atoms with Gasteiger partial charge >= 0.3 is 0 Å². The summed E-state index contributed by atoms with van der Waals surface area (Å²) in [5.41, 5.74) is 23.1. The van der Waals surface area contributed by atoms with Crippen molar-refractivity contribution in [2.75, 3.05) is 0 Å². The van der Waals surface area contributed by atoms with Gasteiger partial charge < -0.3 is 31.4 Å². The van der Waals surface area contributed by atoms with Crippen LogP contribution < -0.4 is 17.2 Å². The molecule has 6 N–H and O–H groups in total. The third kappa shape index (κ3) is 6.06. The summed E-state index contributed by atoms with van der Waals surface area (Å²) in [5.74, 6) is 0. The molecule has 0 aliphatic heterocycles. The van der Waals surface area contributed by atoms with Crippen molar-refractivity contribution in [3.63, 3.8) is 0 Å². The fourth-order valence-corrected chi connectivity index (χ4v) is 4.30. The molecule has 174 valence electrons. The van der Waals surface area contributed by atoms with Crippen molar-refractivity contribution < 1.29 is 14.2 Å². The average molecular weight is 448 g/mol. The van der Waals surface area contributed by atoms with E-state index in [4.69, 9.17) is 31.4 Å². The van der Waals surface area contributed by atoms with Gasteiger partial charge in [0, 0.05) is 0 Å². The minimum atomic E-state index is -0.487. The maximum Gasteiger partial charge on any atom is 0.0932 e. The molecular formula is C27H33N3O3. The summed E-state index contributed by atoms with van der Waals surface area (Å²) < 4.78 is 18.7. The van der Waals surface area contributed by atoms with Crippen LogP contribution in [0, 0.1) is 0 Å². The highest BCUT2D eigenvalue weighted by Gasteiger charge is 2.48. The van der Waals surface area contributed by atoms with Crippen LogP contribution in [0.5, 0.6) is 0 Å². The maximum atomic E-state index is 6.64. The molecular weight excluding hydrogens is 414 g/mol. The van der Waals surface area contributed by atoms with Gasteiger partial charge in [-0.05, 0) is 16.7 Å². The van der Waals surface area contributed by atoms with Crippen LogP contribution >= 0.6 is 0 Å². The first kappa shape index (κ1) is 23.6. The van der Waals surface area contributed by atoms with E-state index < -0.39 is 36.4 Å². The Labute approximate surface area is 195 Å². The van der Waals surface area contributed by atoms with Crippen molar-refractivity contribution in [3.05, 3.63) is 108 Å². The van der Waals surface area contributed by atoms with Crippen molar-refractivity contribution in [2.24, 2.45) is 17.2 Å². The predicted octanol–water partition coefficient (Wildman–Crippen LogP) is 2.74. The van der Waals surface area contributed by atoms with Crippen LogP contribution in [0.3, 0.4) is 0 Å². The molecule has 0 radical (unpaired) electrons. The van der Waals surface area contributed by atoms with Gasteiger partial charge in [-0.1, -0.05) is 91.0 Å². The zero-order chi connectivity index (χ0) is 23.0. The average Bonchev–Trinajstić information content (AvgIpc) is 2.86. The van der Waals surface area contributed by atoms with Gasteiger partial charge in [-0.3, -0.25) is 0 Å². The van der Waals surface area contributed by atoms with E-state index in [1.807, 2.05) is 91.0 Å². The molecule has 0 heterocycles. The Kier molecular flexibility index (Phi) is 8.23. The zero-order valence-electron chi connectivity index (χ0n) is 18.7. The lowest BCUT2D eigenvalue weighted by atomic mass is 9.80.